The van der Waals surface area contributed by atoms with Gasteiger partial charge in [-0.25, -0.2) is 0 Å². The van der Waals surface area contributed by atoms with E-state index in [1.165, 1.54) is 23.1 Å². The first-order valence-electron chi connectivity index (χ1n) is 6.82. The van der Waals surface area contributed by atoms with Crippen LogP contribution in [0.1, 0.15) is 31.5 Å². The first kappa shape index (κ1) is 11.1. The molecule has 0 atom stereocenters. The van der Waals surface area contributed by atoms with Crippen molar-refractivity contribution in [2.45, 2.75) is 33.1 Å². The Bertz CT molecular complexity index is 676. The average molecular weight is 255 g/mol. The summed E-state index contributed by atoms with van der Waals surface area (Å²) in [6.45, 7) is 5.00. The normalized spacial score (nSPS) is 19.5. The molecule has 0 fully saturated rings. The van der Waals surface area contributed by atoms with Gasteiger partial charge in [0.2, 0.25) is 6.79 Å². The Morgan fingerprint density at radius 2 is 1.95 bits per heavy atom. The molecule has 1 aromatic carbocycles. The summed E-state index contributed by atoms with van der Waals surface area (Å²) in [5.41, 5.74) is 3.01. The van der Waals surface area contributed by atoms with E-state index in [9.17, 15) is 0 Å². The second-order valence-corrected chi connectivity index (χ2v) is 6.32. The molecule has 0 spiro atoms. The standard InChI is InChI=1S/C16H17NO2/c1-16(2)4-3-13-12(7-16)11-6-15-14(18-9-19-15)5-10(11)8-17-13/h5-6,8H,3-4,7,9H2,1-2H3. The van der Waals surface area contributed by atoms with Gasteiger partial charge in [0.1, 0.15) is 0 Å². The maximum atomic E-state index is 5.51. The van der Waals surface area contributed by atoms with Gasteiger partial charge in [-0.05, 0) is 47.8 Å². The molecule has 0 radical (unpaired) electrons. The van der Waals surface area contributed by atoms with Crippen molar-refractivity contribution in [3.63, 3.8) is 0 Å². The number of hydrogen-bond acceptors (Lipinski definition) is 3. The molecule has 0 bridgehead atoms. The average Bonchev–Trinajstić information content (AvgIpc) is 2.82. The Morgan fingerprint density at radius 3 is 2.79 bits per heavy atom. The Labute approximate surface area is 112 Å². The third-order valence-electron chi connectivity index (χ3n) is 4.27. The second-order valence-electron chi connectivity index (χ2n) is 6.32. The molecule has 1 aromatic heterocycles. The fourth-order valence-electron chi connectivity index (χ4n) is 3.14. The van der Waals surface area contributed by atoms with Crippen molar-refractivity contribution in [1.82, 2.24) is 4.98 Å². The molecule has 2 aliphatic rings. The second kappa shape index (κ2) is 3.62. The van der Waals surface area contributed by atoms with Crippen LogP contribution < -0.4 is 9.47 Å². The van der Waals surface area contributed by atoms with E-state index < -0.39 is 0 Å². The van der Waals surface area contributed by atoms with Crippen molar-refractivity contribution < 1.29 is 9.47 Å². The summed E-state index contributed by atoms with van der Waals surface area (Å²) in [6, 6.07) is 4.17. The zero-order chi connectivity index (χ0) is 13.0. The minimum absolute atomic E-state index is 0.326. The minimum atomic E-state index is 0.326. The van der Waals surface area contributed by atoms with Crippen LogP contribution in [0.3, 0.4) is 0 Å². The molecular formula is C16H17NO2. The molecule has 2 heterocycles. The highest BCUT2D eigenvalue weighted by Crippen LogP contribution is 2.41. The largest absolute Gasteiger partial charge is 0.454 e. The molecule has 1 aliphatic carbocycles. The van der Waals surface area contributed by atoms with E-state index in [1.54, 1.807) is 0 Å². The number of rotatable bonds is 0. The predicted octanol–water partition coefficient (Wildman–Crippen LogP) is 3.48. The van der Waals surface area contributed by atoms with Gasteiger partial charge in [-0.3, -0.25) is 4.98 Å². The molecule has 2 aromatic rings. The van der Waals surface area contributed by atoms with Gasteiger partial charge in [0.05, 0.1) is 0 Å². The van der Waals surface area contributed by atoms with Gasteiger partial charge in [-0.15, -0.1) is 0 Å². The van der Waals surface area contributed by atoms with Crippen LogP contribution >= 0.6 is 0 Å². The lowest BCUT2D eigenvalue weighted by Crippen LogP contribution is -2.23. The van der Waals surface area contributed by atoms with Crippen molar-refractivity contribution in [1.29, 1.82) is 0 Å². The fourth-order valence-corrected chi connectivity index (χ4v) is 3.14. The van der Waals surface area contributed by atoms with Gasteiger partial charge >= 0.3 is 0 Å². The molecule has 98 valence electrons. The first-order valence-corrected chi connectivity index (χ1v) is 6.82. The van der Waals surface area contributed by atoms with Crippen LogP contribution in [-0.4, -0.2) is 11.8 Å². The van der Waals surface area contributed by atoms with Crippen LogP contribution in [0.15, 0.2) is 18.3 Å². The summed E-state index contributed by atoms with van der Waals surface area (Å²) in [5, 5.41) is 2.43. The van der Waals surface area contributed by atoms with E-state index >= 15 is 0 Å². The number of aromatic nitrogens is 1. The predicted molar refractivity (Wildman–Crippen MR) is 73.7 cm³/mol. The van der Waals surface area contributed by atoms with Gasteiger partial charge in [-0.1, -0.05) is 13.8 Å². The highest BCUT2D eigenvalue weighted by molar-refractivity contribution is 5.89. The van der Waals surface area contributed by atoms with E-state index in [2.05, 4.69) is 24.9 Å². The van der Waals surface area contributed by atoms with Gasteiger partial charge < -0.3 is 9.47 Å². The van der Waals surface area contributed by atoms with Crippen molar-refractivity contribution >= 4 is 10.8 Å². The van der Waals surface area contributed by atoms with Crippen LogP contribution in [0.5, 0.6) is 11.5 Å². The molecular weight excluding hydrogens is 238 g/mol. The first-order chi connectivity index (χ1) is 9.12. The van der Waals surface area contributed by atoms with Gasteiger partial charge in [-0.2, -0.15) is 0 Å². The number of nitrogens with zero attached hydrogens (tertiary/aromatic N) is 1. The van der Waals surface area contributed by atoms with Crippen LogP contribution in [0.4, 0.5) is 0 Å². The highest BCUT2D eigenvalue weighted by atomic mass is 16.7. The van der Waals surface area contributed by atoms with Crippen LogP contribution in [0.2, 0.25) is 0 Å². The molecule has 19 heavy (non-hydrogen) atoms. The van der Waals surface area contributed by atoms with Crippen molar-refractivity contribution in [2.75, 3.05) is 6.79 Å². The van der Waals surface area contributed by atoms with E-state index in [-0.39, 0.29) is 0 Å². The summed E-state index contributed by atoms with van der Waals surface area (Å²) in [4.78, 5) is 4.64. The molecule has 0 N–H and O–H groups in total. The lowest BCUT2D eigenvalue weighted by atomic mass is 9.75. The third-order valence-corrected chi connectivity index (χ3v) is 4.27. The number of ether oxygens (including phenoxy) is 2. The SMILES string of the molecule is CC1(C)CCc2ncc3cc4c(cc3c2C1)OCO4. The van der Waals surface area contributed by atoms with E-state index in [4.69, 9.17) is 9.47 Å². The lowest BCUT2D eigenvalue weighted by Gasteiger charge is -2.31. The zero-order valence-corrected chi connectivity index (χ0v) is 11.3. The Kier molecular flexibility index (Phi) is 2.12. The molecule has 0 saturated carbocycles. The summed E-state index contributed by atoms with van der Waals surface area (Å²) in [7, 11) is 0. The molecule has 4 rings (SSSR count). The summed E-state index contributed by atoms with van der Waals surface area (Å²) >= 11 is 0. The third kappa shape index (κ3) is 1.68. The monoisotopic (exact) mass is 255 g/mol. The van der Waals surface area contributed by atoms with Crippen molar-refractivity contribution in [3.8, 4) is 11.5 Å². The quantitative estimate of drug-likeness (QED) is 0.722. The van der Waals surface area contributed by atoms with E-state index in [0.29, 0.717) is 12.2 Å². The summed E-state index contributed by atoms with van der Waals surface area (Å²) in [6.07, 6.45) is 5.34. The number of fused-ring (bicyclic) bond motifs is 4. The molecule has 3 heteroatoms. The van der Waals surface area contributed by atoms with Gasteiger partial charge in [0.25, 0.3) is 0 Å². The summed E-state index contributed by atoms with van der Waals surface area (Å²) in [5.74, 6) is 1.70. The molecule has 1 aliphatic heterocycles. The van der Waals surface area contributed by atoms with E-state index in [1.807, 2.05) is 12.3 Å². The fraction of sp³-hybridized carbons (Fsp3) is 0.438. The van der Waals surface area contributed by atoms with Crippen LogP contribution in [-0.2, 0) is 12.8 Å². The van der Waals surface area contributed by atoms with Gasteiger partial charge in [0, 0.05) is 17.3 Å². The minimum Gasteiger partial charge on any atom is -0.454 e. The number of benzene rings is 1. The number of pyridine rings is 1. The molecule has 0 unspecified atom stereocenters. The van der Waals surface area contributed by atoms with Gasteiger partial charge in [0.15, 0.2) is 11.5 Å². The summed E-state index contributed by atoms with van der Waals surface area (Å²) < 4.78 is 10.9. The Hall–Kier alpha value is -1.77. The maximum Gasteiger partial charge on any atom is 0.231 e. The number of aryl methyl sites for hydroxylation is 1. The Balaban J connectivity index is 1.97. The van der Waals surface area contributed by atoms with Crippen LogP contribution in [0.25, 0.3) is 10.8 Å². The van der Waals surface area contributed by atoms with Crippen LogP contribution in [0, 0.1) is 5.41 Å². The maximum absolute atomic E-state index is 5.51. The molecule has 0 amide bonds. The smallest absolute Gasteiger partial charge is 0.231 e. The lowest BCUT2D eigenvalue weighted by molar-refractivity contribution is 0.174. The topological polar surface area (TPSA) is 31.4 Å². The van der Waals surface area contributed by atoms with Crippen molar-refractivity contribution in [3.05, 3.63) is 29.6 Å². The highest BCUT2D eigenvalue weighted by Gasteiger charge is 2.28. The Morgan fingerprint density at radius 1 is 1.16 bits per heavy atom. The molecule has 3 nitrogen and oxygen atoms in total. The molecule has 0 saturated heterocycles. The number of hydrogen-bond donors (Lipinski definition) is 0. The van der Waals surface area contributed by atoms with Crippen molar-refractivity contribution in [2.24, 2.45) is 5.41 Å². The van der Waals surface area contributed by atoms with E-state index in [0.717, 1.165) is 29.7 Å². The zero-order valence-electron chi connectivity index (χ0n) is 11.3.